The van der Waals surface area contributed by atoms with Gasteiger partial charge in [-0.15, -0.1) is 10.2 Å². The standard InChI is InChI=1S/C10H20N4/c1-3-14-9(2)12-13-10(14)7-5-4-6-8-11/h3-8,11H2,1-2H3. The number of hydrogen-bond acceptors (Lipinski definition) is 3. The van der Waals surface area contributed by atoms with Crippen molar-refractivity contribution < 1.29 is 0 Å². The van der Waals surface area contributed by atoms with Crippen molar-refractivity contribution >= 4 is 0 Å². The predicted molar refractivity (Wildman–Crippen MR) is 57.0 cm³/mol. The molecule has 1 aromatic rings. The Balaban J connectivity index is 2.42. The zero-order valence-electron chi connectivity index (χ0n) is 9.16. The minimum absolute atomic E-state index is 0.791. The molecule has 0 aromatic carbocycles. The Labute approximate surface area is 85.5 Å². The number of aromatic nitrogens is 3. The first-order chi connectivity index (χ1) is 6.79. The molecule has 0 bridgehead atoms. The monoisotopic (exact) mass is 196 g/mol. The highest BCUT2D eigenvalue weighted by atomic mass is 15.3. The topological polar surface area (TPSA) is 56.7 Å². The lowest BCUT2D eigenvalue weighted by Crippen LogP contribution is -2.04. The van der Waals surface area contributed by atoms with Gasteiger partial charge in [-0.25, -0.2) is 0 Å². The summed E-state index contributed by atoms with van der Waals surface area (Å²) in [5.41, 5.74) is 5.43. The zero-order valence-corrected chi connectivity index (χ0v) is 9.16. The smallest absolute Gasteiger partial charge is 0.132 e. The molecule has 0 radical (unpaired) electrons. The molecule has 0 saturated heterocycles. The molecule has 1 heterocycles. The third-order valence-electron chi connectivity index (χ3n) is 2.43. The van der Waals surface area contributed by atoms with Crippen LogP contribution in [0.25, 0.3) is 0 Å². The molecule has 80 valence electrons. The summed E-state index contributed by atoms with van der Waals surface area (Å²) in [6, 6.07) is 0. The normalized spacial score (nSPS) is 10.8. The highest BCUT2D eigenvalue weighted by molar-refractivity contribution is 4.93. The number of unbranched alkanes of at least 4 members (excludes halogenated alkanes) is 2. The number of hydrogen-bond donors (Lipinski definition) is 1. The van der Waals surface area contributed by atoms with Gasteiger partial charge in [0.15, 0.2) is 0 Å². The molecular weight excluding hydrogens is 176 g/mol. The van der Waals surface area contributed by atoms with Gasteiger partial charge in [-0.05, 0) is 33.2 Å². The van der Waals surface area contributed by atoms with Crippen molar-refractivity contribution in [2.24, 2.45) is 5.73 Å². The fraction of sp³-hybridized carbons (Fsp3) is 0.800. The van der Waals surface area contributed by atoms with Crippen LogP contribution in [0, 0.1) is 6.92 Å². The summed E-state index contributed by atoms with van der Waals surface area (Å²) < 4.78 is 2.17. The fourth-order valence-electron chi connectivity index (χ4n) is 1.63. The number of nitrogens with two attached hydrogens (primary N) is 1. The molecule has 1 rings (SSSR count). The van der Waals surface area contributed by atoms with E-state index in [-0.39, 0.29) is 0 Å². The summed E-state index contributed by atoms with van der Waals surface area (Å²) in [5.74, 6) is 2.13. The van der Waals surface area contributed by atoms with E-state index in [0.29, 0.717) is 0 Å². The van der Waals surface area contributed by atoms with E-state index in [1.54, 1.807) is 0 Å². The molecule has 4 nitrogen and oxygen atoms in total. The molecule has 14 heavy (non-hydrogen) atoms. The largest absolute Gasteiger partial charge is 0.330 e. The highest BCUT2D eigenvalue weighted by Gasteiger charge is 2.05. The van der Waals surface area contributed by atoms with Crippen LogP contribution >= 0.6 is 0 Å². The maximum absolute atomic E-state index is 5.43. The van der Waals surface area contributed by atoms with Gasteiger partial charge in [0.05, 0.1) is 0 Å². The molecule has 0 aliphatic heterocycles. The molecule has 1 aromatic heterocycles. The summed E-state index contributed by atoms with van der Waals surface area (Å²) in [5, 5.41) is 8.24. The predicted octanol–water partition coefficient (Wildman–Crippen LogP) is 1.28. The number of nitrogens with zero attached hydrogens (tertiary/aromatic N) is 3. The molecule has 0 aliphatic carbocycles. The molecule has 2 N–H and O–H groups in total. The van der Waals surface area contributed by atoms with Gasteiger partial charge in [-0.3, -0.25) is 0 Å². The Morgan fingerprint density at radius 2 is 2.00 bits per heavy atom. The Morgan fingerprint density at radius 1 is 1.21 bits per heavy atom. The Hall–Kier alpha value is -0.900. The summed E-state index contributed by atoms with van der Waals surface area (Å²) in [6.45, 7) is 5.88. The maximum atomic E-state index is 5.43. The second-order valence-electron chi connectivity index (χ2n) is 3.51. The summed E-state index contributed by atoms with van der Waals surface area (Å²) in [4.78, 5) is 0. The van der Waals surface area contributed by atoms with Crippen molar-refractivity contribution in [3.05, 3.63) is 11.6 Å². The Morgan fingerprint density at radius 3 is 2.64 bits per heavy atom. The average Bonchev–Trinajstić information content (AvgIpc) is 2.54. The van der Waals surface area contributed by atoms with Crippen molar-refractivity contribution in [3.63, 3.8) is 0 Å². The van der Waals surface area contributed by atoms with Gasteiger partial charge < -0.3 is 10.3 Å². The lowest BCUT2D eigenvalue weighted by atomic mass is 10.2. The van der Waals surface area contributed by atoms with Crippen molar-refractivity contribution in [1.82, 2.24) is 14.8 Å². The molecule has 4 heteroatoms. The molecule has 0 unspecified atom stereocenters. The molecular formula is C10H20N4. The first kappa shape index (κ1) is 11.2. The SMILES string of the molecule is CCn1c(C)nnc1CCCCCN. The van der Waals surface area contributed by atoms with Crippen LogP contribution in [-0.2, 0) is 13.0 Å². The van der Waals surface area contributed by atoms with Crippen molar-refractivity contribution in [2.45, 2.75) is 46.1 Å². The van der Waals surface area contributed by atoms with Gasteiger partial charge >= 0.3 is 0 Å². The van der Waals surface area contributed by atoms with Crippen LogP contribution in [0.2, 0.25) is 0 Å². The van der Waals surface area contributed by atoms with E-state index in [1.807, 2.05) is 6.92 Å². The van der Waals surface area contributed by atoms with Gasteiger partial charge in [0, 0.05) is 13.0 Å². The van der Waals surface area contributed by atoms with Crippen molar-refractivity contribution in [1.29, 1.82) is 0 Å². The lowest BCUT2D eigenvalue weighted by molar-refractivity contribution is 0.623. The minimum Gasteiger partial charge on any atom is -0.330 e. The minimum atomic E-state index is 0.791. The van der Waals surface area contributed by atoms with E-state index < -0.39 is 0 Å². The van der Waals surface area contributed by atoms with Gasteiger partial charge in [0.25, 0.3) is 0 Å². The molecule has 0 aliphatic rings. The first-order valence-electron chi connectivity index (χ1n) is 5.38. The van der Waals surface area contributed by atoms with Gasteiger partial charge in [0.1, 0.15) is 11.6 Å². The van der Waals surface area contributed by atoms with Gasteiger partial charge in [0.2, 0.25) is 0 Å². The van der Waals surface area contributed by atoms with E-state index in [9.17, 15) is 0 Å². The van der Waals surface area contributed by atoms with Crippen LogP contribution in [-0.4, -0.2) is 21.3 Å². The molecule has 0 atom stereocenters. The Bertz CT molecular complexity index is 267. The molecule has 0 amide bonds. The van der Waals surface area contributed by atoms with Crippen LogP contribution in [0.1, 0.15) is 37.8 Å². The summed E-state index contributed by atoms with van der Waals surface area (Å²) in [6.07, 6.45) is 4.48. The van der Waals surface area contributed by atoms with Crippen molar-refractivity contribution in [3.8, 4) is 0 Å². The van der Waals surface area contributed by atoms with E-state index in [4.69, 9.17) is 5.73 Å². The van der Waals surface area contributed by atoms with E-state index in [1.165, 1.54) is 6.42 Å². The molecule has 0 spiro atoms. The third-order valence-corrected chi connectivity index (χ3v) is 2.43. The second kappa shape index (κ2) is 5.75. The number of aryl methyl sites for hydroxylation is 2. The second-order valence-corrected chi connectivity index (χ2v) is 3.51. The summed E-state index contributed by atoms with van der Waals surface area (Å²) >= 11 is 0. The van der Waals surface area contributed by atoms with Crippen LogP contribution in [0.3, 0.4) is 0 Å². The highest BCUT2D eigenvalue weighted by Crippen LogP contribution is 2.06. The molecule has 0 fully saturated rings. The van der Waals surface area contributed by atoms with Gasteiger partial charge in [-0.1, -0.05) is 6.42 Å². The quantitative estimate of drug-likeness (QED) is 0.697. The van der Waals surface area contributed by atoms with E-state index >= 15 is 0 Å². The first-order valence-corrected chi connectivity index (χ1v) is 5.38. The van der Waals surface area contributed by atoms with E-state index in [0.717, 1.165) is 44.0 Å². The van der Waals surface area contributed by atoms with Crippen LogP contribution in [0.4, 0.5) is 0 Å². The van der Waals surface area contributed by atoms with Crippen LogP contribution < -0.4 is 5.73 Å². The van der Waals surface area contributed by atoms with Crippen molar-refractivity contribution in [2.75, 3.05) is 6.54 Å². The van der Waals surface area contributed by atoms with Crippen LogP contribution in [0.5, 0.6) is 0 Å². The maximum Gasteiger partial charge on any atom is 0.132 e. The zero-order chi connectivity index (χ0) is 10.4. The fourth-order valence-corrected chi connectivity index (χ4v) is 1.63. The average molecular weight is 196 g/mol. The lowest BCUT2D eigenvalue weighted by Gasteiger charge is -2.04. The summed E-state index contributed by atoms with van der Waals surface area (Å²) in [7, 11) is 0. The van der Waals surface area contributed by atoms with E-state index in [2.05, 4.69) is 21.7 Å². The molecule has 0 saturated carbocycles. The number of rotatable bonds is 6. The third kappa shape index (κ3) is 2.80. The Kier molecular flexibility index (Phi) is 4.59. The van der Waals surface area contributed by atoms with Crippen LogP contribution in [0.15, 0.2) is 0 Å². The van der Waals surface area contributed by atoms with Gasteiger partial charge in [-0.2, -0.15) is 0 Å².